The molecule has 8 rings (SSSR count). The molecule has 5 heteroatoms. The number of methoxy groups -OCH3 is 1. The van der Waals surface area contributed by atoms with Crippen LogP contribution < -0.4 is 4.74 Å². The number of nitrogens with zero attached hydrogens (tertiary/aromatic N) is 1. The number of benzene rings is 1. The van der Waals surface area contributed by atoms with E-state index in [1.807, 2.05) is 19.9 Å². The minimum absolute atomic E-state index is 0.0151. The van der Waals surface area contributed by atoms with Crippen LogP contribution in [-0.4, -0.2) is 58.7 Å². The third-order valence-corrected chi connectivity index (χ3v) is 11.2. The smallest absolute Gasteiger partial charge is 0.165 e. The maximum atomic E-state index is 11.8. The van der Waals surface area contributed by atoms with Gasteiger partial charge in [-0.2, -0.15) is 0 Å². The van der Waals surface area contributed by atoms with Crippen LogP contribution in [-0.2, 0) is 16.6 Å². The van der Waals surface area contributed by atoms with Crippen LogP contribution >= 0.6 is 0 Å². The van der Waals surface area contributed by atoms with Crippen molar-refractivity contribution < 1.29 is 19.7 Å². The lowest BCUT2D eigenvalue weighted by atomic mass is 9.33. The Bertz CT molecular complexity index is 1060. The maximum Gasteiger partial charge on any atom is 0.165 e. The molecule has 0 amide bonds. The number of fused-ring (bicyclic) bond motifs is 2. The lowest BCUT2D eigenvalue weighted by molar-refractivity contribution is -0.298. The molecule has 7 aliphatic rings. The summed E-state index contributed by atoms with van der Waals surface area (Å²) in [5.41, 5.74) is 1.62. The van der Waals surface area contributed by atoms with Crippen LogP contribution in [0.25, 0.3) is 0 Å². The lowest BCUT2D eigenvalue weighted by Gasteiger charge is -2.75. The fraction of sp³-hybridized carbons (Fsp3) is 0.714. The summed E-state index contributed by atoms with van der Waals surface area (Å²) in [5.74, 6) is 1.69. The average Bonchev–Trinajstić information content (AvgIpc) is 3.53. The van der Waals surface area contributed by atoms with E-state index in [1.54, 1.807) is 7.11 Å². The van der Waals surface area contributed by atoms with Gasteiger partial charge in [0.15, 0.2) is 11.5 Å². The van der Waals surface area contributed by atoms with Gasteiger partial charge in [-0.25, -0.2) is 0 Å². The monoisotopic (exact) mass is 451 g/mol. The first-order valence-corrected chi connectivity index (χ1v) is 12.9. The molecule has 33 heavy (non-hydrogen) atoms. The molecule has 2 aliphatic heterocycles. The Morgan fingerprint density at radius 2 is 2.09 bits per heavy atom. The Labute approximate surface area is 196 Å². The lowest BCUT2D eigenvalue weighted by Crippen LogP contribution is -2.82. The van der Waals surface area contributed by atoms with E-state index in [0.717, 1.165) is 50.1 Å². The number of phenolic OH excluding ortho intramolecular Hbond substituents is 1. The quantitative estimate of drug-likeness (QED) is 0.664. The SMILES string of the molecule is C=C(C)[C@@](C)(O)[C@H]1C[C@@]23CC[C@@]1(OC)[C@@H]1Oc4c(O)ccc5c4[C@@]12CCN(CC1CC1)[C@@H]3C5. The number of aromatic hydroxyl groups is 1. The summed E-state index contributed by atoms with van der Waals surface area (Å²) in [7, 11) is 1.80. The summed E-state index contributed by atoms with van der Waals surface area (Å²) in [6.45, 7) is 10.3. The van der Waals surface area contributed by atoms with Crippen molar-refractivity contribution in [1.82, 2.24) is 4.90 Å². The second-order valence-corrected chi connectivity index (χ2v) is 12.3. The molecule has 0 radical (unpaired) electrons. The van der Waals surface area contributed by atoms with Crippen molar-refractivity contribution in [3.05, 3.63) is 35.4 Å². The van der Waals surface area contributed by atoms with Crippen molar-refractivity contribution in [2.24, 2.45) is 17.3 Å². The predicted molar refractivity (Wildman–Crippen MR) is 126 cm³/mol. The summed E-state index contributed by atoms with van der Waals surface area (Å²) in [5, 5.41) is 22.7. The second-order valence-electron chi connectivity index (χ2n) is 12.3. The molecule has 4 bridgehead atoms. The van der Waals surface area contributed by atoms with Crippen LogP contribution in [0.4, 0.5) is 0 Å². The third-order valence-electron chi connectivity index (χ3n) is 11.2. The number of rotatable bonds is 5. The average molecular weight is 452 g/mol. The highest BCUT2D eigenvalue weighted by Crippen LogP contribution is 2.77. The molecule has 1 saturated heterocycles. The van der Waals surface area contributed by atoms with Crippen molar-refractivity contribution in [2.75, 3.05) is 20.2 Å². The van der Waals surface area contributed by atoms with Crippen molar-refractivity contribution in [2.45, 2.75) is 87.6 Å². The summed E-state index contributed by atoms with van der Waals surface area (Å²) in [4.78, 5) is 2.80. The minimum atomic E-state index is -1.04. The van der Waals surface area contributed by atoms with E-state index >= 15 is 0 Å². The van der Waals surface area contributed by atoms with E-state index in [0.29, 0.717) is 11.8 Å². The van der Waals surface area contributed by atoms with Gasteiger partial charge in [0.1, 0.15) is 11.7 Å². The standard InChI is InChI=1S/C28H37NO4/c1-16(2)25(3,31)20-14-26-9-10-28(20,32-4)24-27(26)11-12-29(15-17-5-6-17)21(26)13-18-7-8-19(30)23(33-24)22(18)27/h7-8,17,20-21,24,30-31H,1,5-6,9-15H2,2-4H3/t20-,21-,24-,25-,26-,27+,28+/m1/s1. The normalized spacial score (nSPS) is 44.2. The number of hydrogen-bond donors (Lipinski definition) is 2. The molecular formula is C28H37NO4. The zero-order chi connectivity index (χ0) is 23.0. The molecular weight excluding hydrogens is 414 g/mol. The van der Waals surface area contributed by atoms with Gasteiger partial charge in [0.25, 0.3) is 0 Å². The van der Waals surface area contributed by atoms with Crippen molar-refractivity contribution in [1.29, 1.82) is 0 Å². The van der Waals surface area contributed by atoms with E-state index in [4.69, 9.17) is 9.47 Å². The summed E-state index contributed by atoms with van der Waals surface area (Å²) in [6.07, 6.45) is 7.46. The first-order chi connectivity index (χ1) is 15.7. The van der Waals surface area contributed by atoms with Crippen LogP contribution in [0.15, 0.2) is 24.3 Å². The minimum Gasteiger partial charge on any atom is -0.504 e. The number of piperidine rings is 1. The Hall–Kier alpha value is -1.56. The zero-order valence-electron chi connectivity index (χ0n) is 20.2. The molecule has 2 heterocycles. The highest BCUT2D eigenvalue weighted by Gasteiger charge is 2.82. The number of phenols is 1. The Morgan fingerprint density at radius 3 is 2.79 bits per heavy atom. The molecule has 2 N–H and O–H groups in total. The summed E-state index contributed by atoms with van der Waals surface area (Å²) in [6, 6.07) is 4.41. The predicted octanol–water partition coefficient (Wildman–Crippen LogP) is 3.94. The van der Waals surface area contributed by atoms with Gasteiger partial charge < -0.3 is 19.7 Å². The molecule has 4 saturated carbocycles. The van der Waals surface area contributed by atoms with Crippen LogP contribution in [0.3, 0.4) is 0 Å². The van der Waals surface area contributed by atoms with Crippen molar-refractivity contribution in [3.63, 3.8) is 0 Å². The molecule has 7 atom stereocenters. The van der Waals surface area contributed by atoms with Crippen LogP contribution in [0.2, 0.25) is 0 Å². The molecule has 5 fully saturated rings. The number of hydrogen-bond acceptors (Lipinski definition) is 5. The van der Waals surface area contributed by atoms with Gasteiger partial charge in [0.05, 0.1) is 5.60 Å². The molecule has 5 nitrogen and oxygen atoms in total. The van der Waals surface area contributed by atoms with Gasteiger partial charge in [-0.15, -0.1) is 0 Å². The van der Waals surface area contributed by atoms with E-state index < -0.39 is 11.2 Å². The maximum absolute atomic E-state index is 11.8. The van der Waals surface area contributed by atoms with Crippen LogP contribution in [0.5, 0.6) is 11.5 Å². The Kier molecular flexibility index (Phi) is 3.88. The fourth-order valence-electron chi connectivity index (χ4n) is 9.35. The first-order valence-electron chi connectivity index (χ1n) is 12.9. The van der Waals surface area contributed by atoms with Crippen molar-refractivity contribution >= 4 is 0 Å². The molecule has 0 unspecified atom stereocenters. The third kappa shape index (κ3) is 2.17. The topological polar surface area (TPSA) is 62.2 Å². The van der Waals surface area contributed by atoms with E-state index in [2.05, 4.69) is 17.5 Å². The Morgan fingerprint density at radius 1 is 1.30 bits per heavy atom. The first kappa shape index (κ1) is 20.8. The largest absolute Gasteiger partial charge is 0.504 e. The van der Waals surface area contributed by atoms with Crippen LogP contribution in [0, 0.1) is 17.3 Å². The molecule has 1 aromatic carbocycles. The summed E-state index contributed by atoms with van der Waals surface area (Å²) < 4.78 is 13.3. The van der Waals surface area contributed by atoms with E-state index in [9.17, 15) is 10.2 Å². The molecule has 1 aromatic rings. The van der Waals surface area contributed by atoms with Gasteiger partial charge in [-0.3, -0.25) is 4.90 Å². The van der Waals surface area contributed by atoms with E-state index in [1.165, 1.54) is 30.5 Å². The highest BCUT2D eigenvalue weighted by atomic mass is 16.6. The zero-order valence-corrected chi connectivity index (χ0v) is 20.2. The number of aliphatic hydroxyl groups is 1. The highest BCUT2D eigenvalue weighted by molar-refractivity contribution is 5.63. The molecule has 2 spiro atoms. The van der Waals surface area contributed by atoms with E-state index in [-0.39, 0.29) is 28.6 Å². The van der Waals surface area contributed by atoms with Gasteiger partial charge in [0, 0.05) is 42.0 Å². The number of ether oxygens (including phenoxy) is 2. The van der Waals surface area contributed by atoms with Gasteiger partial charge in [-0.05, 0) is 88.5 Å². The van der Waals surface area contributed by atoms with Crippen molar-refractivity contribution in [3.8, 4) is 11.5 Å². The molecule has 178 valence electrons. The fourth-order valence-corrected chi connectivity index (χ4v) is 9.35. The molecule has 0 aromatic heterocycles. The van der Waals surface area contributed by atoms with Gasteiger partial charge >= 0.3 is 0 Å². The summed E-state index contributed by atoms with van der Waals surface area (Å²) >= 11 is 0. The Balaban J connectivity index is 1.48. The van der Waals surface area contributed by atoms with Crippen LogP contribution in [0.1, 0.15) is 63.5 Å². The van der Waals surface area contributed by atoms with Gasteiger partial charge in [0.2, 0.25) is 0 Å². The molecule has 5 aliphatic carbocycles. The van der Waals surface area contributed by atoms with Gasteiger partial charge in [-0.1, -0.05) is 12.6 Å². The number of likely N-dealkylation sites (tertiary alicyclic amines) is 1. The second kappa shape index (κ2) is 6.16.